The predicted octanol–water partition coefficient (Wildman–Crippen LogP) is -0.364. The van der Waals surface area contributed by atoms with Crippen molar-refractivity contribution >= 4 is 22.7 Å². The van der Waals surface area contributed by atoms with E-state index in [1.54, 1.807) is 0 Å². The third-order valence-corrected chi connectivity index (χ3v) is 3.29. The number of aliphatic hydroxyl groups excluding tert-OH is 4. The van der Waals surface area contributed by atoms with Crippen molar-refractivity contribution in [1.82, 2.24) is 0 Å². The van der Waals surface area contributed by atoms with Gasteiger partial charge in [0.15, 0.2) is 0 Å². The van der Waals surface area contributed by atoms with Gasteiger partial charge in [-0.05, 0) is 35.9 Å². The molecule has 1 aromatic rings. The van der Waals surface area contributed by atoms with Gasteiger partial charge in [0.25, 0.3) is 0 Å². The van der Waals surface area contributed by atoms with Gasteiger partial charge in [0.1, 0.15) is 30.2 Å². The Bertz CT molecular complexity index is 510. The van der Waals surface area contributed by atoms with Crippen molar-refractivity contribution in [2.75, 3.05) is 11.9 Å². The van der Waals surface area contributed by atoms with Crippen molar-refractivity contribution in [2.45, 2.75) is 30.7 Å². The highest BCUT2D eigenvalue weighted by Gasteiger charge is 2.44. The summed E-state index contributed by atoms with van der Waals surface area (Å²) in [7, 11) is 0. The van der Waals surface area contributed by atoms with E-state index in [9.17, 15) is 20.1 Å². The second-order valence-electron chi connectivity index (χ2n) is 4.74. The number of carbonyl (C=O) groups is 1. The maximum Gasteiger partial charge on any atom is 0.318 e. The molecular weight excluding hydrogens is 318 g/mol. The summed E-state index contributed by atoms with van der Waals surface area (Å²) in [6.45, 7) is -0.536. The van der Waals surface area contributed by atoms with Crippen LogP contribution in [0.5, 0.6) is 5.75 Å². The minimum atomic E-state index is -1.51. The SMILES string of the molecule is O=C(Cl)Nc1ccc(OC2OC(CO)C(O)C(O)C2O)cc1. The van der Waals surface area contributed by atoms with E-state index in [0.717, 1.165) is 0 Å². The van der Waals surface area contributed by atoms with Gasteiger partial charge in [0, 0.05) is 5.69 Å². The van der Waals surface area contributed by atoms with E-state index in [0.29, 0.717) is 5.69 Å². The van der Waals surface area contributed by atoms with Crippen LogP contribution in [0.1, 0.15) is 0 Å². The van der Waals surface area contributed by atoms with Crippen LogP contribution >= 0.6 is 11.6 Å². The van der Waals surface area contributed by atoms with Crippen molar-refractivity contribution in [3.05, 3.63) is 24.3 Å². The summed E-state index contributed by atoms with van der Waals surface area (Å²) in [5, 5.41) is 39.9. The highest BCUT2D eigenvalue weighted by Crippen LogP contribution is 2.25. The van der Waals surface area contributed by atoms with E-state index < -0.39 is 42.7 Å². The van der Waals surface area contributed by atoms with Crippen LogP contribution in [0.4, 0.5) is 10.5 Å². The predicted molar refractivity (Wildman–Crippen MR) is 75.7 cm³/mol. The van der Waals surface area contributed by atoms with Gasteiger partial charge in [0.2, 0.25) is 6.29 Å². The molecular formula is C13H16ClNO7. The molecule has 1 aliphatic heterocycles. The fourth-order valence-corrected chi connectivity index (χ4v) is 2.14. The molecule has 1 aliphatic rings. The topological polar surface area (TPSA) is 128 Å². The molecule has 1 heterocycles. The summed E-state index contributed by atoms with van der Waals surface area (Å²) < 4.78 is 10.6. The molecule has 0 radical (unpaired) electrons. The number of anilines is 1. The zero-order valence-corrected chi connectivity index (χ0v) is 12.1. The monoisotopic (exact) mass is 333 g/mol. The number of aliphatic hydroxyl groups is 4. The summed E-state index contributed by atoms with van der Waals surface area (Å²) in [6, 6.07) is 6.01. The number of benzene rings is 1. The van der Waals surface area contributed by atoms with Gasteiger partial charge in [-0.25, -0.2) is 0 Å². The lowest BCUT2D eigenvalue weighted by Crippen LogP contribution is -2.60. The Balaban J connectivity index is 2.04. The third-order valence-electron chi connectivity index (χ3n) is 3.20. The molecule has 5 N–H and O–H groups in total. The normalized spacial score (nSPS) is 31.6. The van der Waals surface area contributed by atoms with E-state index in [-0.39, 0.29) is 5.75 Å². The molecule has 1 amide bonds. The van der Waals surface area contributed by atoms with Crippen LogP contribution in [0.15, 0.2) is 24.3 Å². The molecule has 0 saturated carbocycles. The number of halogens is 1. The Kier molecular flexibility index (Phi) is 5.57. The number of amides is 1. The molecule has 9 heteroatoms. The Morgan fingerprint density at radius 1 is 1.18 bits per heavy atom. The van der Waals surface area contributed by atoms with Gasteiger partial charge in [-0.3, -0.25) is 4.79 Å². The molecule has 22 heavy (non-hydrogen) atoms. The molecule has 0 aliphatic carbocycles. The van der Waals surface area contributed by atoms with Crippen molar-refractivity contribution in [3.63, 3.8) is 0 Å². The van der Waals surface area contributed by atoms with Gasteiger partial charge in [-0.1, -0.05) is 0 Å². The smallest absolute Gasteiger partial charge is 0.318 e. The lowest BCUT2D eigenvalue weighted by atomic mass is 9.99. The first kappa shape index (κ1) is 16.9. The molecule has 0 spiro atoms. The van der Waals surface area contributed by atoms with Crippen LogP contribution < -0.4 is 10.1 Å². The van der Waals surface area contributed by atoms with Crippen molar-refractivity contribution < 1.29 is 34.7 Å². The fraction of sp³-hybridized carbons (Fsp3) is 0.462. The molecule has 0 bridgehead atoms. The first-order valence-corrected chi connectivity index (χ1v) is 6.84. The largest absolute Gasteiger partial charge is 0.462 e. The van der Waals surface area contributed by atoms with Gasteiger partial charge in [0.05, 0.1) is 6.61 Å². The molecule has 8 nitrogen and oxygen atoms in total. The Labute approximate surface area is 130 Å². The number of hydrogen-bond donors (Lipinski definition) is 5. The average Bonchev–Trinajstić information content (AvgIpc) is 2.49. The molecule has 1 saturated heterocycles. The summed E-state index contributed by atoms with van der Waals surface area (Å²) in [5.41, 5.74) is 0.446. The molecule has 1 aromatic carbocycles. The molecule has 5 unspecified atom stereocenters. The van der Waals surface area contributed by atoms with Crippen LogP contribution in [0.25, 0.3) is 0 Å². The van der Waals surface area contributed by atoms with Gasteiger partial charge >= 0.3 is 5.37 Å². The second kappa shape index (κ2) is 7.23. The van der Waals surface area contributed by atoms with Crippen LogP contribution in [0.3, 0.4) is 0 Å². The molecule has 2 rings (SSSR count). The first-order chi connectivity index (χ1) is 10.4. The lowest BCUT2D eigenvalue weighted by Gasteiger charge is -2.39. The van der Waals surface area contributed by atoms with E-state index in [1.165, 1.54) is 24.3 Å². The zero-order valence-electron chi connectivity index (χ0n) is 11.3. The first-order valence-electron chi connectivity index (χ1n) is 6.46. The Hall–Kier alpha value is -1.42. The van der Waals surface area contributed by atoms with Crippen LogP contribution in [0, 0.1) is 0 Å². The number of rotatable bonds is 4. The summed E-state index contributed by atoms with van der Waals surface area (Å²) in [4.78, 5) is 10.7. The Morgan fingerprint density at radius 2 is 1.82 bits per heavy atom. The van der Waals surface area contributed by atoms with E-state index in [2.05, 4.69) is 5.32 Å². The lowest BCUT2D eigenvalue weighted by molar-refractivity contribution is -0.277. The average molecular weight is 334 g/mol. The number of carbonyl (C=O) groups excluding carboxylic acids is 1. The van der Waals surface area contributed by atoms with Crippen LogP contribution in [-0.2, 0) is 4.74 Å². The van der Waals surface area contributed by atoms with Crippen LogP contribution in [-0.4, -0.2) is 63.1 Å². The maximum absolute atomic E-state index is 10.7. The highest BCUT2D eigenvalue weighted by atomic mass is 35.5. The maximum atomic E-state index is 10.7. The molecule has 0 aromatic heterocycles. The minimum Gasteiger partial charge on any atom is -0.462 e. The quantitative estimate of drug-likeness (QED) is 0.376. The molecule has 122 valence electrons. The van der Waals surface area contributed by atoms with E-state index in [1.807, 2.05) is 0 Å². The van der Waals surface area contributed by atoms with Crippen LogP contribution in [0.2, 0.25) is 0 Å². The van der Waals surface area contributed by atoms with E-state index in [4.69, 9.17) is 26.2 Å². The highest BCUT2D eigenvalue weighted by molar-refractivity contribution is 6.65. The van der Waals surface area contributed by atoms with Gasteiger partial charge < -0.3 is 35.2 Å². The minimum absolute atomic E-state index is 0.289. The molecule has 1 fully saturated rings. The van der Waals surface area contributed by atoms with Gasteiger partial charge in [-0.15, -0.1) is 0 Å². The van der Waals surface area contributed by atoms with E-state index >= 15 is 0 Å². The number of ether oxygens (including phenoxy) is 2. The summed E-state index contributed by atoms with van der Waals surface area (Å²) in [6.07, 6.45) is -6.74. The number of nitrogens with one attached hydrogen (secondary N) is 1. The number of hydrogen-bond acceptors (Lipinski definition) is 7. The fourth-order valence-electron chi connectivity index (χ4n) is 2.03. The zero-order chi connectivity index (χ0) is 16.3. The van der Waals surface area contributed by atoms with Gasteiger partial charge in [-0.2, -0.15) is 0 Å². The van der Waals surface area contributed by atoms with Crippen molar-refractivity contribution in [2.24, 2.45) is 0 Å². The Morgan fingerprint density at radius 3 is 2.36 bits per heavy atom. The third kappa shape index (κ3) is 3.86. The second-order valence-corrected chi connectivity index (χ2v) is 5.08. The summed E-state index contributed by atoms with van der Waals surface area (Å²) >= 11 is 5.18. The standard InChI is InChI=1S/C13H16ClNO7/c14-13(20)15-6-1-3-7(4-2-6)21-12-11(19)10(18)9(17)8(5-16)22-12/h1-4,8-12,16-19H,5H2,(H,15,20). The van der Waals surface area contributed by atoms with Crippen molar-refractivity contribution in [1.29, 1.82) is 0 Å². The van der Waals surface area contributed by atoms with Crippen molar-refractivity contribution in [3.8, 4) is 5.75 Å². The summed E-state index contributed by atoms with van der Waals surface area (Å²) in [5.74, 6) is 0.289. The molecule has 5 atom stereocenters.